The summed E-state index contributed by atoms with van der Waals surface area (Å²) in [5.41, 5.74) is 6.36. The molecule has 0 spiro atoms. The van der Waals surface area contributed by atoms with Crippen molar-refractivity contribution >= 4 is 31.8 Å². The van der Waals surface area contributed by atoms with E-state index in [2.05, 4.69) is 61.1 Å². The summed E-state index contributed by atoms with van der Waals surface area (Å²) in [5.74, 6) is 0. The molecular formula is C22H20B2F8N2O. The Balaban J connectivity index is 0.000000293. The highest BCUT2D eigenvalue weighted by atomic mass is 19.5. The van der Waals surface area contributed by atoms with Crippen molar-refractivity contribution in [3.63, 3.8) is 0 Å². The van der Waals surface area contributed by atoms with Crippen molar-refractivity contribution in [1.82, 2.24) is 0 Å². The Kier molecular flexibility index (Phi) is 7.12. The molecule has 0 bridgehead atoms. The van der Waals surface area contributed by atoms with E-state index < -0.39 is 26.0 Å². The first kappa shape index (κ1) is 26.4. The molecule has 0 saturated carbocycles. The summed E-state index contributed by atoms with van der Waals surface area (Å²) in [6, 6.07) is 14.4. The molecule has 186 valence electrons. The summed E-state index contributed by atoms with van der Waals surface area (Å²) in [5, 5.41) is 11.3. The molecule has 5 rings (SSSR count). The number of nitrogens with zero attached hydrogens (tertiary/aromatic N) is 2. The monoisotopic (exact) mass is 502 g/mol. The van der Waals surface area contributed by atoms with E-state index in [1.165, 1.54) is 16.7 Å². The number of aliphatic hydroxyl groups is 1. The van der Waals surface area contributed by atoms with Crippen LogP contribution in [-0.4, -0.2) is 19.6 Å². The van der Waals surface area contributed by atoms with Crippen molar-refractivity contribution in [2.75, 3.05) is 0 Å². The molecule has 1 N–H and O–H groups in total. The van der Waals surface area contributed by atoms with E-state index in [9.17, 15) is 39.6 Å². The number of fused-ring (bicyclic) bond motifs is 5. The zero-order chi connectivity index (χ0) is 26.2. The molecule has 13 heteroatoms. The summed E-state index contributed by atoms with van der Waals surface area (Å²) >= 11 is 0. The van der Waals surface area contributed by atoms with Crippen molar-refractivity contribution in [1.29, 1.82) is 0 Å². The molecule has 0 saturated heterocycles. The molecule has 3 aromatic rings. The van der Waals surface area contributed by atoms with Gasteiger partial charge in [-0.25, -0.2) is 0 Å². The van der Waals surface area contributed by atoms with Gasteiger partial charge < -0.3 is 39.6 Å². The quantitative estimate of drug-likeness (QED) is 0.243. The Morgan fingerprint density at radius 1 is 0.886 bits per heavy atom. The van der Waals surface area contributed by atoms with Crippen LogP contribution in [0, 0.1) is 0 Å². The summed E-state index contributed by atoms with van der Waals surface area (Å²) in [7, 11) is -12.0. The van der Waals surface area contributed by atoms with Gasteiger partial charge in [-0.05, 0) is 43.2 Å². The van der Waals surface area contributed by atoms with E-state index in [0.717, 1.165) is 16.8 Å². The minimum atomic E-state index is -6.00. The lowest BCUT2D eigenvalue weighted by Crippen LogP contribution is -2.48. The minimum absolute atomic E-state index is 0.458. The maximum atomic E-state index is 11.3. The maximum absolute atomic E-state index is 11.3. The van der Waals surface area contributed by atoms with Crippen LogP contribution in [0.2, 0.25) is 0 Å². The van der Waals surface area contributed by atoms with E-state index >= 15 is 0 Å². The summed E-state index contributed by atoms with van der Waals surface area (Å²) in [6.07, 6.45) is 10.0. The van der Waals surface area contributed by atoms with Crippen LogP contribution in [-0.2, 0) is 5.41 Å². The third-order valence-electron chi connectivity index (χ3n) is 5.76. The topological polar surface area (TPSA) is 28.2 Å². The van der Waals surface area contributed by atoms with Crippen LogP contribution < -0.4 is 8.97 Å². The molecule has 0 radical (unpaired) electrons. The van der Waals surface area contributed by atoms with Gasteiger partial charge in [-0.2, -0.15) is 8.97 Å². The average molecular weight is 502 g/mol. The van der Waals surface area contributed by atoms with Gasteiger partial charge in [-0.15, -0.1) is 0 Å². The fourth-order valence-corrected chi connectivity index (χ4v) is 4.24. The fourth-order valence-electron chi connectivity index (χ4n) is 4.24. The second kappa shape index (κ2) is 9.44. The first-order chi connectivity index (χ1) is 16.1. The Labute approximate surface area is 195 Å². The molecule has 3 aromatic heterocycles. The van der Waals surface area contributed by atoms with E-state index in [0.29, 0.717) is 0 Å². The number of aromatic nitrogens is 2. The van der Waals surface area contributed by atoms with Crippen molar-refractivity contribution in [3.8, 4) is 0 Å². The van der Waals surface area contributed by atoms with Crippen LogP contribution in [0.5, 0.6) is 0 Å². The third kappa shape index (κ3) is 6.08. The fraction of sp³-hybridized carbons (Fsp3) is 0.182. The molecule has 2 aliphatic rings. The molecule has 0 unspecified atom stereocenters. The van der Waals surface area contributed by atoms with Crippen molar-refractivity contribution in [3.05, 3.63) is 89.5 Å². The zero-order valence-electron chi connectivity index (χ0n) is 18.5. The molecule has 1 aliphatic carbocycles. The van der Waals surface area contributed by atoms with E-state index in [1.807, 2.05) is 35.0 Å². The second-order valence-electron chi connectivity index (χ2n) is 8.17. The SMILES string of the molecule is CC1=CC2=C[n+]3ccccc3[C@H](O)[C@]2(C)c2cc3cccc[n+]3cc21.F[B-](F)(F)F.F[B-](F)(F)F. The standard InChI is InChI=1S/C22H20N2O.2BF4/c1-15-11-16-13-24-10-6-4-8-20(24)21(25)22(16,2)19-12-17-7-3-5-9-23(17)14-18(15)19;2*2-1(3,4)5/h3-14,21,25H,1-2H3;;/q+2;2*-1/t21-,22-;;/m0../s1. The molecule has 3 nitrogen and oxygen atoms in total. The third-order valence-corrected chi connectivity index (χ3v) is 5.76. The summed E-state index contributed by atoms with van der Waals surface area (Å²) in [6.45, 7) is 4.30. The minimum Gasteiger partial charge on any atom is -0.418 e. The molecule has 35 heavy (non-hydrogen) atoms. The number of halogens is 8. The molecular weight excluding hydrogens is 482 g/mol. The highest BCUT2D eigenvalue weighted by Crippen LogP contribution is 2.50. The van der Waals surface area contributed by atoms with Crippen LogP contribution in [0.3, 0.4) is 0 Å². The lowest BCUT2D eigenvalue weighted by molar-refractivity contribution is -0.587. The molecule has 1 aliphatic heterocycles. The number of allylic oxidation sites excluding steroid dienone is 2. The number of hydrogen-bond donors (Lipinski definition) is 1. The van der Waals surface area contributed by atoms with Gasteiger partial charge in [0.1, 0.15) is 0 Å². The summed E-state index contributed by atoms with van der Waals surface area (Å²) in [4.78, 5) is 0. The van der Waals surface area contributed by atoms with Gasteiger partial charge in [0.2, 0.25) is 11.2 Å². The smallest absolute Gasteiger partial charge is 0.418 e. The number of pyridine rings is 3. The first-order valence-corrected chi connectivity index (χ1v) is 10.4. The molecule has 0 amide bonds. The molecule has 0 aromatic carbocycles. The van der Waals surface area contributed by atoms with E-state index in [1.54, 1.807) is 0 Å². The lowest BCUT2D eigenvalue weighted by Gasteiger charge is -2.39. The van der Waals surface area contributed by atoms with Crippen LogP contribution in [0.25, 0.3) is 17.3 Å². The van der Waals surface area contributed by atoms with Gasteiger partial charge in [-0.1, -0.05) is 0 Å². The van der Waals surface area contributed by atoms with Gasteiger partial charge in [0.05, 0.1) is 5.41 Å². The number of aliphatic hydroxyl groups excluding tert-OH is 1. The molecule has 0 fully saturated rings. The Bertz CT molecular complexity index is 1280. The zero-order valence-corrected chi connectivity index (χ0v) is 18.5. The van der Waals surface area contributed by atoms with Gasteiger partial charge in [0.15, 0.2) is 30.9 Å². The van der Waals surface area contributed by atoms with Crippen molar-refractivity contribution in [2.45, 2.75) is 25.4 Å². The van der Waals surface area contributed by atoms with Crippen molar-refractivity contribution in [2.24, 2.45) is 0 Å². The number of hydrogen-bond acceptors (Lipinski definition) is 1. The predicted octanol–water partition coefficient (Wildman–Crippen LogP) is 5.58. The second-order valence-corrected chi connectivity index (χ2v) is 8.17. The maximum Gasteiger partial charge on any atom is 0.673 e. The van der Waals surface area contributed by atoms with Crippen molar-refractivity contribution < 1.29 is 48.6 Å². The molecule has 2 atom stereocenters. The first-order valence-electron chi connectivity index (χ1n) is 10.4. The molecule has 4 heterocycles. The highest BCUT2D eigenvalue weighted by molar-refractivity contribution is 6.50. The summed E-state index contributed by atoms with van der Waals surface area (Å²) < 4.78 is 82.2. The highest BCUT2D eigenvalue weighted by Gasteiger charge is 2.50. The van der Waals surface area contributed by atoms with E-state index in [-0.39, 0.29) is 0 Å². The van der Waals surface area contributed by atoms with Crippen LogP contribution in [0.4, 0.5) is 34.5 Å². The van der Waals surface area contributed by atoms with Crippen LogP contribution in [0.1, 0.15) is 36.8 Å². The Hall–Kier alpha value is -3.21. The van der Waals surface area contributed by atoms with Crippen LogP contribution in [0.15, 0.2) is 72.7 Å². The normalized spacial score (nSPS) is 20.6. The number of rotatable bonds is 0. The van der Waals surface area contributed by atoms with Crippen LogP contribution >= 0.6 is 0 Å². The van der Waals surface area contributed by atoms with Gasteiger partial charge >= 0.3 is 14.5 Å². The predicted molar refractivity (Wildman–Crippen MR) is 117 cm³/mol. The Morgan fingerprint density at radius 3 is 2.09 bits per heavy atom. The Morgan fingerprint density at radius 2 is 1.46 bits per heavy atom. The average Bonchev–Trinajstić information content (AvgIpc) is 2.73. The van der Waals surface area contributed by atoms with Gasteiger partial charge in [-0.3, -0.25) is 0 Å². The lowest BCUT2D eigenvalue weighted by atomic mass is 9.64. The van der Waals surface area contributed by atoms with Gasteiger partial charge in [0, 0.05) is 41.5 Å². The van der Waals surface area contributed by atoms with Gasteiger partial charge in [0.25, 0.3) is 0 Å². The van der Waals surface area contributed by atoms with E-state index in [4.69, 9.17) is 0 Å². The largest absolute Gasteiger partial charge is 0.673 e.